The molecular formula is C16H22O4. The Morgan fingerprint density at radius 3 is 2.60 bits per heavy atom. The molecule has 2 rings (SSSR count). The van der Waals surface area contributed by atoms with Gasteiger partial charge in [0.05, 0.1) is 32.0 Å². The van der Waals surface area contributed by atoms with E-state index in [1.165, 1.54) is 0 Å². The Bertz CT molecular complexity index is 448. The lowest BCUT2D eigenvalue weighted by molar-refractivity contribution is -0.106. The van der Waals surface area contributed by atoms with Crippen molar-refractivity contribution in [2.75, 3.05) is 7.11 Å². The van der Waals surface area contributed by atoms with Crippen molar-refractivity contribution < 1.29 is 19.0 Å². The van der Waals surface area contributed by atoms with Gasteiger partial charge < -0.3 is 14.2 Å². The van der Waals surface area contributed by atoms with Gasteiger partial charge >= 0.3 is 0 Å². The van der Waals surface area contributed by atoms with Crippen LogP contribution in [0.15, 0.2) is 18.2 Å². The third kappa shape index (κ3) is 3.81. The van der Waals surface area contributed by atoms with Gasteiger partial charge in [-0.1, -0.05) is 0 Å². The number of hydrogen-bond donors (Lipinski definition) is 0. The highest BCUT2D eigenvalue weighted by atomic mass is 16.5. The van der Waals surface area contributed by atoms with E-state index < -0.39 is 0 Å². The zero-order valence-electron chi connectivity index (χ0n) is 12.3. The maximum Gasteiger partial charge on any atom is 0.150 e. The van der Waals surface area contributed by atoms with Crippen molar-refractivity contribution in [3.05, 3.63) is 29.3 Å². The van der Waals surface area contributed by atoms with Gasteiger partial charge in [0.15, 0.2) is 0 Å². The molecule has 0 radical (unpaired) electrons. The Balaban J connectivity index is 2.00. The Hall–Kier alpha value is -1.39. The summed E-state index contributed by atoms with van der Waals surface area (Å²) in [4.78, 5) is 10.9. The summed E-state index contributed by atoms with van der Waals surface area (Å²) in [5.74, 6) is 0.753. The highest BCUT2D eigenvalue weighted by molar-refractivity contribution is 5.75. The predicted octanol–water partition coefficient (Wildman–Crippen LogP) is 2.98. The van der Waals surface area contributed by atoms with E-state index in [9.17, 15) is 4.79 Å². The fourth-order valence-corrected chi connectivity index (χ4v) is 2.67. The van der Waals surface area contributed by atoms with E-state index in [0.29, 0.717) is 12.2 Å². The number of ether oxygens (including phenoxy) is 3. The summed E-state index contributed by atoms with van der Waals surface area (Å²) in [5.41, 5.74) is 1.54. The Labute approximate surface area is 120 Å². The summed E-state index contributed by atoms with van der Waals surface area (Å²) in [6, 6.07) is 5.36. The molecule has 1 fully saturated rings. The van der Waals surface area contributed by atoms with E-state index in [4.69, 9.17) is 14.2 Å². The van der Waals surface area contributed by atoms with Crippen molar-refractivity contribution in [2.24, 2.45) is 0 Å². The first kappa shape index (κ1) is 15.0. The molecule has 4 heteroatoms. The first-order chi connectivity index (χ1) is 9.62. The van der Waals surface area contributed by atoms with Crippen LogP contribution in [0.5, 0.6) is 5.75 Å². The van der Waals surface area contributed by atoms with Crippen molar-refractivity contribution >= 4 is 6.29 Å². The molecule has 4 nitrogen and oxygen atoms in total. The van der Waals surface area contributed by atoms with Crippen LogP contribution in [-0.2, 0) is 16.1 Å². The molecule has 1 aliphatic heterocycles. The molecule has 0 spiro atoms. The fourth-order valence-electron chi connectivity index (χ4n) is 2.67. The van der Waals surface area contributed by atoms with Gasteiger partial charge in [0.25, 0.3) is 0 Å². The van der Waals surface area contributed by atoms with Crippen LogP contribution < -0.4 is 4.74 Å². The van der Waals surface area contributed by atoms with Crippen molar-refractivity contribution in [3.8, 4) is 5.75 Å². The minimum atomic E-state index is 0.193. The van der Waals surface area contributed by atoms with E-state index in [1.807, 2.05) is 6.07 Å². The molecular weight excluding hydrogens is 256 g/mol. The highest BCUT2D eigenvalue weighted by Gasteiger charge is 2.25. The number of carbonyl (C=O) groups is 1. The smallest absolute Gasteiger partial charge is 0.150 e. The van der Waals surface area contributed by atoms with Crippen LogP contribution in [-0.4, -0.2) is 31.7 Å². The standard InChI is InChI=1S/C16H22O4/c1-11-6-15(7-12(2)20-11)19-10-14-8-13(9-17)4-5-16(14)18-3/h4-5,8-9,11-12,15H,6-7,10H2,1-3H3. The Kier molecular flexibility index (Phi) is 5.15. The van der Waals surface area contributed by atoms with Gasteiger partial charge in [-0.05, 0) is 44.9 Å². The molecule has 2 atom stereocenters. The minimum absolute atomic E-state index is 0.193. The van der Waals surface area contributed by atoms with E-state index >= 15 is 0 Å². The van der Waals surface area contributed by atoms with Gasteiger partial charge in [-0.25, -0.2) is 0 Å². The third-order valence-corrected chi connectivity index (χ3v) is 3.57. The average molecular weight is 278 g/mol. The van der Waals surface area contributed by atoms with Crippen molar-refractivity contribution in [3.63, 3.8) is 0 Å². The third-order valence-electron chi connectivity index (χ3n) is 3.57. The summed E-state index contributed by atoms with van der Waals surface area (Å²) in [6.45, 7) is 4.59. The van der Waals surface area contributed by atoms with Gasteiger partial charge in [0, 0.05) is 11.1 Å². The van der Waals surface area contributed by atoms with Crippen LogP contribution >= 0.6 is 0 Å². The molecule has 0 saturated carbocycles. The second-order valence-corrected chi connectivity index (χ2v) is 5.35. The van der Waals surface area contributed by atoms with Crippen LogP contribution in [0.4, 0.5) is 0 Å². The zero-order chi connectivity index (χ0) is 14.5. The normalized spacial score (nSPS) is 26.2. The van der Waals surface area contributed by atoms with Crippen LogP contribution in [0.3, 0.4) is 0 Å². The van der Waals surface area contributed by atoms with Gasteiger partial charge in [-0.15, -0.1) is 0 Å². The van der Waals surface area contributed by atoms with Crippen molar-refractivity contribution in [2.45, 2.75) is 51.6 Å². The van der Waals surface area contributed by atoms with Crippen LogP contribution in [0, 0.1) is 0 Å². The van der Waals surface area contributed by atoms with E-state index in [2.05, 4.69) is 13.8 Å². The van der Waals surface area contributed by atoms with Crippen LogP contribution in [0.25, 0.3) is 0 Å². The van der Waals surface area contributed by atoms with Gasteiger partial charge in [0.2, 0.25) is 0 Å². The Morgan fingerprint density at radius 1 is 1.30 bits per heavy atom. The first-order valence-corrected chi connectivity index (χ1v) is 7.01. The lowest BCUT2D eigenvalue weighted by Gasteiger charge is -2.32. The quantitative estimate of drug-likeness (QED) is 0.777. The highest BCUT2D eigenvalue weighted by Crippen LogP contribution is 2.25. The molecule has 0 aromatic heterocycles. The summed E-state index contributed by atoms with van der Waals surface area (Å²) in [5, 5.41) is 0. The molecule has 0 aliphatic carbocycles. The minimum Gasteiger partial charge on any atom is -0.496 e. The summed E-state index contributed by atoms with van der Waals surface area (Å²) >= 11 is 0. The lowest BCUT2D eigenvalue weighted by Crippen LogP contribution is -2.34. The lowest BCUT2D eigenvalue weighted by atomic mass is 10.0. The number of rotatable bonds is 5. The predicted molar refractivity (Wildman–Crippen MR) is 76.2 cm³/mol. The molecule has 1 heterocycles. The maximum absolute atomic E-state index is 10.9. The molecule has 1 saturated heterocycles. The number of aldehydes is 1. The van der Waals surface area contributed by atoms with Crippen LogP contribution in [0.2, 0.25) is 0 Å². The second kappa shape index (κ2) is 6.86. The Morgan fingerprint density at radius 2 is 2.00 bits per heavy atom. The van der Waals surface area contributed by atoms with Gasteiger partial charge in [-0.3, -0.25) is 4.79 Å². The summed E-state index contributed by atoms with van der Waals surface area (Å²) in [6.07, 6.45) is 3.29. The molecule has 0 bridgehead atoms. The second-order valence-electron chi connectivity index (χ2n) is 5.35. The van der Waals surface area contributed by atoms with E-state index in [1.54, 1.807) is 19.2 Å². The molecule has 0 amide bonds. The van der Waals surface area contributed by atoms with Gasteiger partial charge in [0.1, 0.15) is 12.0 Å². The molecule has 1 aliphatic rings. The van der Waals surface area contributed by atoms with Crippen LogP contribution in [0.1, 0.15) is 42.6 Å². The van der Waals surface area contributed by atoms with E-state index in [-0.39, 0.29) is 18.3 Å². The van der Waals surface area contributed by atoms with E-state index in [0.717, 1.165) is 30.4 Å². The van der Waals surface area contributed by atoms with Gasteiger partial charge in [-0.2, -0.15) is 0 Å². The largest absolute Gasteiger partial charge is 0.496 e. The van der Waals surface area contributed by atoms with Crippen molar-refractivity contribution in [1.29, 1.82) is 0 Å². The fraction of sp³-hybridized carbons (Fsp3) is 0.562. The molecule has 0 N–H and O–H groups in total. The molecule has 20 heavy (non-hydrogen) atoms. The number of hydrogen-bond acceptors (Lipinski definition) is 4. The topological polar surface area (TPSA) is 44.8 Å². The zero-order valence-corrected chi connectivity index (χ0v) is 12.3. The molecule has 110 valence electrons. The molecule has 2 unspecified atom stereocenters. The molecule has 1 aromatic rings. The summed E-state index contributed by atoms with van der Waals surface area (Å²) in [7, 11) is 1.62. The SMILES string of the molecule is COc1ccc(C=O)cc1COC1CC(C)OC(C)C1. The number of carbonyl (C=O) groups excluding carboxylic acids is 1. The maximum atomic E-state index is 10.9. The summed E-state index contributed by atoms with van der Waals surface area (Å²) < 4.78 is 17.0. The van der Waals surface area contributed by atoms with Crippen molar-refractivity contribution in [1.82, 2.24) is 0 Å². The monoisotopic (exact) mass is 278 g/mol. The molecule has 1 aromatic carbocycles. The first-order valence-electron chi connectivity index (χ1n) is 7.01. The number of methoxy groups -OCH3 is 1. The number of benzene rings is 1. The average Bonchev–Trinajstić information content (AvgIpc) is 2.43.